The maximum absolute atomic E-state index is 12.0. The van der Waals surface area contributed by atoms with Crippen LogP contribution in [-0.2, 0) is 9.59 Å². The summed E-state index contributed by atoms with van der Waals surface area (Å²) < 4.78 is 0. The van der Waals surface area contributed by atoms with E-state index in [0.717, 1.165) is 5.39 Å². The molecule has 1 heterocycles. The Kier molecular flexibility index (Phi) is 3.78. The smallest absolute Gasteiger partial charge is 0.314 e. The second kappa shape index (κ2) is 6.05. The summed E-state index contributed by atoms with van der Waals surface area (Å²) in [5.41, 5.74) is 1.72. The van der Waals surface area contributed by atoms with Gasteiger partial charge in [0.2, 0.25) is 0 Å². The van der Waals surface area contributed by atoms with Gasteiger partial charge < -0.3 is 10.6 Å². The number of para-hydroxylation sites is 2. The van der Waals surface area contributed by atoms with Crippen LogP contribution in [0.5, 0.6) is 0 Å². The molecule has 5 heteroatoms. The molecule has 2 aromatic carbocycles. The lowest BCUT2D eigenvalue weighted by Gasteiger charge is -2.08. The van der Waals surface area contributed by atoms with Gasteiger partial charge in [-0.15, -0.1) is 0 Å². The molecule has 0 aliphatic carbocycles. The number of nitrogens with one attached hydrogen (secondary N) is 2. The molecule has 22 heavy (non-hydrogen) atoms. The molecule has 3 rings (SSSR count). The van der Waals surface area contributed by atoms with E-state index >= 15 is 0 Å². The monoisotopic (exact) mass is 291 g/mol. The fourth-order valence-corrected chi connectivity index (χ4v) is 2.09. The molecule has 0 aliphatic rings. The summed E-state index contributed by atoms with van der Waals surface area (Å²) in [6, 6.07) is 17.9. The summed E-state index contributed by atoms with van der Waals surface area (Å²) in [6.45, 7) is 0. The molecular formula is C17H13N3O2. The Morgan fingerprint density at radius 3 is 2.32 bits per heavy atom. The van der Waals surface area contributed by atoms with E-state index in [9.17, 15) is 9.59 Å². The highest BCUT2D eigenvalue weighted by Gasteiger charge is 2.15. The standard InChI is InChI=1S/C17H13N3O2/c21-16(19-13-8-2-1-3-9-13)17(22)20-14-10-4-6-12-7-5-11-18-15(12)14/h1-11H,(H,19,21)(H,20,22). The maximum Gasteiger partial charge on any atom is 0.314 e. The lowest BCUT2D eigenvalue weighted by atomic mass is 10.2. The average molecular weight is 291 g/mol. The molecule has 0 saturated heterocycles. The van der Waals surface area contributed by atoms with Crippen LogP contribution in [-0.4, -0.2) is 16.8 Å². The number of fused-ring (bicyclic) bond motifs is 1. The minimum absolute atomic E-state index is 0.506. The third-order valence-electron chi connectivity index (χ3n) is 3.12. The molecule has 0 unspecified atom stereocenters. The quantitative estimate of drug-likeness (QED) is 0.713. The predicted octanol–water partition coefficient (Wildman–Crippen LogP) is 2.81. The number of nitrogens with zero attached hydrogens (tertiary/aromatic N) is 1. The highest BCUT2D eigenvalue weighted by atomic mass is 16.2. The Bertz CT molecular complexity index is 826. The van der Waals surface area contributed by atoms with Gasteiger partial charge in [0.1, 0.15) is 0 Å². The van der Waals surface area contributed by atoms with Crippen LogP contribution in [0.25, 0.3) is 10.9 Å². The molecule has 0 radical (unpaired) electrons. The fourth-order valence-electron chi connectivity index (χ4n) is 2.09. The number of amides is 2. The SMILES string of the molecule is O=C(Nc1ccccc1)C(=O)Nc1cccc2cccnc12. The summed E-state index contributed by atoms with van der Waals surface area (Å²) in [4.78, 5) is 28.1. The number of carbonyl (C=O) groups is 2. The third kappa shape index (κ3) is 2.93. The Morgan fingerprint density at radius 2 is 1.50 bits per heavy atom. The number of pyridine rings is 1. The highest BCUT2D eigenvalue weighted by molar-refractivity contribution is 6.44. The summed E-state index contributed by atoms with van der Waals surface area (Å²) >= 11 is 0. The zero-order valence-corrected chi connectivity index (χ0v) is 11.6. The van der Waals surface area contributed by atoms with E-state index in [0.29, 0.717) is 16.9 Å². The molecule has 2 N–H and O–H groups in total. The number of anilines is 2. The van der Waals surface area contributed by atoms with E-state index in [1.165, 1.54) is 0 Å². The van der Waals surface area contributed by atoms with Gasteiger partial charge in [-0.3, -0.25) is 14.6 Å². The van der Waals surface area contributed by atoms with E-state index < -0.39 is 11.8 Å². The van der Waals surface area contributed by atoms with Crippen LogP contribution in [0, 0.1) is 0 Å². The van der Waals surface area contributed by atoms with Crippen LogP contribution in [0.15, 0.2) is 66.9 Å². The Labute approximate surface area is 127 Å². The van der Waals surface area contributed by atoms with Crippen LogP contribution < -0.4 is 10.6 Å². The van der Waals surface area contributed by atoms with Crippen molar-refractivity contribution in [3.05, 3.63) is 66.9 Å². The van der Waals surface area contributed by atoms with Crippen molar-refractivity contribution in [2.75, 3.05) is 10.6 Å². The zero-order valence-electron chi connectivity index (χ0n) is 11.6. The van der Waals surface area contributed by atoms with Gasteiger partial charge in [-0.25, -0.2) is 0 Å². The van der Waals surface area contributed by atoms with Crippen molar-refractivity contribution < 1.29 is 9.59 Å². The first-order valence-electron chi connectivity index (χ1n) is 6.75. The topological polar surface area (TPSA) is 71.1 Å². The van der Waals surface area contributed by atoms with Gasteiger partial charge in [0.25, 0.3) is 0 Å². The summed E-state index contributed by atoms with van der Waals surface area (Å²) in [5, 5.41) is 6.02. The largest absolute Gasteiger partial charge is 0.318 e. The Hall–Kier alpha value is -3.21. The maximum atomic E-state index is 12.0. The van der Waals surface area contributed by atoms with Crippen molar-refractivity contribution in [3.63, 3.8) is 0 Å². The van der Waals surface area contributed by atoms with E-state index in [1.807, 2.05) is 24.3 Å². The van der Waals surface area contributed by atoms with Crippen LogP contribution in [0.1, 0.15) is 0 Å². The first kappa shape index (κ1) is 13.8. The lowest BCUT2D eigenvalue weighted by Crippen LogP contribution is -2.29. The number of rotatable bonds is 2. The van der Waals surface area contributed by atoms with Gasteiger partial charge >= 0.3 is 11.8 Å². The predicted molar refractivity (Wildman–Crippen MR) is 85.4 cm³/mol. The van der Waals surface area contributed by atoms with Gasteiger partial charge in [-0.1, -0.05) is 36.4 Å². The minimum atomic E-state index is -0.734. The first-order valence-corrected chi connectivity index (χ1v) is 6.75. The molecule has 0 saturated carbocycles. The van der Waals surface area contributed by atoms with Crippen molar-refractivity contribution in [2.24, 2.45) is 0 Å². The summed E-state index contributed by atoms with van der Waals surface area (Å²) in [6.07, 6.45) is 1.64. The molecule has 0 bridgehead atoms. The Morgan fingerprint density at radius 1 is 0.773 bits per heavy atom. The number of benzene rings is 2. The van der Waals surface area contributed by atoms with E-state index in [2.05, 4.69) is 15.6 Å². The molecule has 0 aliphatic heterocycles. The first-order chi connectivity index (χ1) is 10.7. The van der Waals surface area contributed by atoms with Gasteiger partial charge in [0.15, 0.2) is 0 Å². The molecule has 5 nitrogen and oxygen atoms in total. The second-order valence-electron chi connectivity index (χ2n) is 4.65. The molecule has 1 aromatic heterocycles. The summed E-state index contributed by atoms with van der Waals surface area (Å²) in [5.74, 6) is -1.46. The number of hydrogen-bond donors (Lipinski definition) is 2. The molecule has 108 valence electrons. The van der Waals surface area contributed by atoms with Gasteiger partial charge in [-0.2, -0.15) is 0 Å². The highest BCUT2D eigenvalue weighted by Crippen LogP contribution is 2.20. The van der Waals surface area contributed by atoms with Crippen LogP contribution >= 0.6 is 0 Å². The van der Waals surface area contributed by atoms with Crippen molar-refractivity contribution >= 4 is 34.1 Å². The normalized spacial score (nSPS) is 10.2. The van der Waals surface area contributed by atoms with Gasteiger partial charge in [0, 0.05) is 17.3 Å². The van der Waals surface area contributed by atoms with Crippen LogP contribution in [0.4, 0.5) is 11.4 Å². The lowest BCUT2D eigenvalue weighted by molar-refractivity contribution is -0.132. The van der Waals surface area contributed by atoms with Crippen molar-refractivity contribution in [1.82, 2.24) is 4.98 Å². The molecule has 0 spiro atoms. The number of aromatic nitrogens is 1. The van der Waals surface area contributed by atoms with Crippen LogP contribution in [0.2, 0.25) is 0 Å². The van der Waals surface area contributed by atoms with Crippen molar-refractivity contribution in [1.29, 1.82) is 0 Å². The average Bonchev–Trinajstić information content (AvgIpc) is 2.56. The molecule has 3 aromatic rings. The van der Waals surface area contributed by atoms with Gasteiger partial charge in [0.05, 0.1) is 11.2 Å². The van der Waals surface area contributed by atoms with E-state index in [4.69, 9.17) is 0 Å². The van der Waals surface area contributed by atoms with E-state index in [-0.39, 0.29) is 0 Å². The molecule has 0 atom stereocenters. The van der Waals surface area contributed by atoms with Crippen LogP contribution in [0.3, 0.4) is 0 Å². The summed E-state index contributed by atoms with van der Waals surface area (Å²) in [7, 11) is 0. The molecule has 2 amide bonds. The number of carbonyl (C=O) groups excluding carboxylic acids is 2. The van der Waals surface area contributed by atoms with Gasteiger partial charge in [-0.05, 0) is 24.3 Å². The van der Waals surface area contributed by atoms with Crippen molar-refractivity contribution in [3.8, 4) is 0 Å². The number of hydrogen-bond acceptors (Lipinski definition) is 3. The Balaban J connectivity index is 1.77. The van der Waals surface area contributed by atoms with E-state index in [1.54, 1.807) is 42.6 Å². The fraction of sp³-hybridized carbons (Fsp3) is 0. The molecule has 0 fully saturated rings. The molecular weight excluding hydrogens is 278 g/mol. The van der Waals surface area contributed by atoms with Crippen molar-refractivity contribution in [2.45, 2.75) is 0 Å². The third-order valence-corrected chi connectivity index (χ3v) is 3.12. The minimum Gasteiger partial charge on any atom is -0.318 e. The second-order valence-corrected chi connectivity index (χ2v) is 4.65. The zero-order chi connectivity index (χ0) is 15.4.